The summed E-state index contributed by atoms with van der Waals surface area (Å²) < 4.78 is 5.23. The van der Waals surface area contributed by atoms with Crippen molar-refractivity contribution < 1.29 is 19.9 Å². The lowest BCUT2D eigenvalue weighted by molar-refractivity contribution is -0.384. The number of nitro groups is 1. The number of unbranched alkanes of at least 4 members (excludes halogenated alkanes) is 2. The van der Waals surface area contributed by atoms with Gasteiger partial charge in [-0.05, 0) is 37.0 Å². The van der Waals surface area contributed by atoms with Crippen LogP contribution in [-0.4, -0.2) is 28.0 Å². The first-order valence-corrected chi connectivity index (χ1v) is 6.27. The van der Waals surface area contributed by atoms with E-state index in [1.807, 2.05) is 0 Å². The number of aliphatic hydroxyl groups is 2. The van der Waals surface area contributed by atoms with Gasteiger partial charge in [0.15, 0.2) is 6.29 Å². The van der Waals surface area contributed by atoms with Gasteiger partial charge in [-0.15, -0.1) is 0 Å². The average Bonchev–Trinajstić information content (AvgIpc) is 2.42. The summed E-state index contributed by atoms with van der Waals surface area (Å²) in [5, 5.41) is 28.6. The summed E-state index contributed by atoms with van der Waals surface area (Å²) in [5.74, 6) is 0. The van der Waals surface area contributed by atoms with Crippen LogP contribution in [0.5, 0.6) is 0 Å². The van der Waals surface area contributed by atoms with E-state index in [1.54, 1.807) is 12.1 Å². The Morgan fingerprint density at radius 1 is 1.21 bits per heavy atom. The van der Waals surface area contributed by atoms with Gasteiger partial charge in [-0.2, -0.15) is 0 Å². The molecule has 2 N–H and O–H groups in total. The first-order valence-electron chi connectivity index (χ1n) is 6.27. The Labute approximate surface area is 111 Å². The molecule has 0 radical (unpaired) electrons. The van der Waals surface area contributed by atoms with E-state index in [9.17, 15) is 15.2 Å². The highest BCUT2D eigenvalue weighted by atomic mass is 16.6. The van der Waals surface area contributed by atoms with E-state index in [0.29, 0.717) is 6.42 Å². The van der Waals surface area contributed by atoms with Crippen molar-refractivity contribution in [3.05, 3.63) is 39.9 Å². The monoisotopic (exact) mass is 269 g/mol. The summed E-state index contributed by atoms with van der Waals surface area (Å²) in [7, 11) is 0. The number of benzene rings is 1. The topological polar surface area (TPSA) is 92.8 Å². The molecule has 0 spiro atoms. The zero-order valence-corrected chi connectivity index (χ0v) is 10.7. The van der Waals surface area contributed by atoms with Crippen LogP contribution in [0.15, 0.2) is 24.3 Å². The van der Waals surface area contributed by atoms with Crippen LogP contribution >= 0.6 is 0 Å². The summed E-state index contributed by atoms with van der Waals surface area (Å²) in [4.78, 5) is 10.0. The Bertz CT molecular complexity index is 379. The molecule has 0 aromatic heterocycles. The van der Waals surface area contributed by atoms with Crippen LogP contribution in [0.1, 0.15) is 31.2 Å². The van der Waals surface area contributed by atoms with Crippen LogP contribution in [0, 0.1) is 10.1 Å². The maximum Gasteiger partial charge on any atom is 0.269 e. The molecule has 0 saturated heterocycles. The van der Waals surface area contributed by atoms with Crippen molar-refractivity contribution in [1.29, 1.82) is 0 Å². The second-order valence-electron chi connectivity index (χ2n) is 4.26. The van der Waals surface area contributed by atoms with E-state index in [1.165, 1.54) is 12.1 Å². The SMILES string of the molecule is O=[N+]([O-])c1ccc(COC(O)CCCCCO)cc1. The molecule has 0 aliphatic heterocycles. The fraction of sp³-hybridized carbons (Fsp3) is 0.538. The molecule has 1 rings (SSSR count). The molecule has 0 heterocycles. The molecule has 0 aliphatic rings. The lowest BCUT2D eigenvalue weighted by Crippen LogP contribution is -2.11. The van der Waals surface area contributed by atoms with Gasteiger partial charge in [-0.25, -0.2) is 0 Å². The molecule has 0 amide bonds. The van der Waals surface area contributed by atoms with Gasteiger partial charge in [0.2, 0.25) is 0 Å². The summed E-state index contributed by atoms with van der Waals surface area (Å²) in [6.07, 6.45) is 2.06. The Morgan fingerprint density at radius 3 is 2.47 bits per heavy atom. The van der Waals surface area contributed by atoms with Crippen LogP contribution in [0.3, 0.4) is 0 Å². The summed E-state index contributed by atoms with van der Waals surface area (Å²) in [6.45, 7) is 0.388. The van der Waals surface area contributed by atoms with Gasteiger partial charge in [0, 0.05) is 18.7 Å². The third kappa shape index (κ3) is 6.28. The molecular formula is C13H19NO5. The minimum atomic E-state index is -0.839. The quantitative estimate of drug-likeness (QED) is 0.309. The highest BCUT2D eigenvalue weighted by Crippen LogP contribution is 2.13. The molecule has 106 valence electrons. The van der Waals surface area contributed by atoms with Crippen molar-refractivity contribution in [2.24, 2.45) is 0 Å². The smallest absolute Gasteiger partial charge is 0.269 e. The number of hydrogen-bond donors (Lipinski definition) is 2. The Morgan fingerprint density at radius 2 is 1.89 bits per heavy atom. The number of hydrogen-bond acceptors (Lipinski definition) is 5. The molecule has 0 saturated carbocycles. The standard InChI is InChI=1S/C13H19NO5/c15-9-3-1-2-4-13(16)19-10-11-5-7-12(8-6-11)14(17)18/h5-8,13,15-16H,1-4,9-10H2. The van der Waals surface area contributed by atoms with Crippen molar-refractivity contribution in [3.63, 3.8) is 0 Å². The number of aliphatic hydroxyl groups excluding tert-OH is 2. The van der Waals surface area contributed by atoms with Crippen LogP contribution < -0.4 is 0 Å². The Hall–Kier alpha value is -1.50. The fourth-order valence-corrected chi connectivity index (χ4v) is 1.60. The predicted octanol–water partition coefficient (Wildman–Crippen LogP) is 1.98. The molecule has 19 heavy (non-hydrogen) atoms. The third-order valence-electron chi connectivity index (χ3n) is 2.70. The normalized spacial score (nSPS) is 12.3. The molecule has 0 aliphatic carbocycles. The van der Waals surface area contributed by atoms with Gasteiger partial charge in [-0.3, -0.25) is 10.1 Å². The van der Waals surface area contributed by atoms with Crippen LogP contribution in [0.2, 0.25) is 0 Å². The van der Waals surface area contributed by atoms with Crippen molar-refractivity contribution in [1.82, 2.24) is 0 Å². The molecule has 1 aromatic carbocycles. The predicted molar refractivity (Wildman–Crippen MR) is 69.4 cm³/mol. The van der Waals surface area contributed by atoms with Gasteiger partial charge in [0.05, 0.1) is 11.5 Å². The molecule has 1 atom stereocenters. The van der Waals surface area contributed by atoms with Gasteiger partial charge in [-0.1, -0.05) is 6.42 Å². The third-order valence-corrected chi connectivity index (χ3v) is 2.70. The zero-order chi connectivity index (χ0) is 14.1. The number of rotatable bonds is 9. The number of ether oxygens (including phenoxy) is 1. The Kier molecular flexibility index (Phi) is 7.02. The number of nitrogens with zero attached hydrogens (tertiary/aromatic N) is 1. The van der Waals surface area contributed by atoms with E-state index >= 15 is 0 Å². The van der Waals surface area contributed by atoms with E-state index in [2.05, 4.69) is 0 Å². The molecular weight excluding hydrogens is 250 g/mol. The lowest BCUT2D eigenvalue weighted by Gasteiger charge is -2.11. The molecule has 6 nitrogen and oxygen atoms in total. The largest absolute Gasteiger partial charge is 0.396 e. The van der Waals surface area contributed by atoms with Gasteiger partial charge < -0.3 is 14.9 Å². The van der Waals surface area contributed by atoms with Crippen LogP contribution in [-0.2, 0) is 11.3 Å². The van der Waals surface area contributed by atoms with Crippen molar-refractivity contribution in [2.75, 3.05) is 6.61 Å². The average molecular weight is 269 g/mol. The first kappa shape index (κ1) is 15.6. The van der Waals surface area contributed by atoms with Crippen molar-refractivity contribution in [3.8, 4) is 0 Å². The minimum absolute atomic E-state index is 0.0355. The highest BCUT2D eigenvalue weighted by molar-refractivity contribution is 5.32. The van der Waals surface area contributed by atoms with E-state index in [0.717, 1.165) is 24.8 Å². The van der Waals surface area contributed by atoms with Crippen molar-refractivity contribution >= 4 is 5.69 Å². The number of non-ortho nitro benzene ring substituents is 1. The fourth-order valence-electron chi connectivity index (χ4n) is 1.60. The molecule has 1 unspecified atom stereocenters. The summed E-state index contributed by atoms with van der Waals surface area (Å²) in [6, 6.07) is 6.03. The summed E-state index contributed by atoms with van der Waals surface area (Å²) >= 11 is 0. The Balaban J connectivity index is 2.25. The molecule has 0 fully saturated rings. The van der Waals surface area contributed by atoms with Gasteiger partial charge in [0.1, 0.15) is 0 Å². The molecule has 0 bridgehead atoms. The molecule has 6 heteroatoms. The van der Waals surface area contributed by atoms with Crippen molar-refractivity contribution in [2.45, 2.75) is 38.6 Å². The second kappa shape index (κ2) is 8.58. The van der Waals surface area contributed by atoms with Crippen LogP contribution in [0.4, 0.5) is 5.69 Å². The highest BCUT2D eigenvalue weighted by Gasteiger charge is 2.07. The number of nitro benzene ring substituents is 1. The zero-order valence-electron chi connectivity index (χ0n) is 10.7. The second-order valence-corrected chi connectivity index (χ2v) is 4.26. The maximum absolute atomic E-state index is 10.5. The lowest BCUT2D eigenvalue weighted by atomic mass is 10.2. The summed E-state index contributed by atoms with van der Waals surface area (Å²) in [5.41, 5.74) is 0.813. The maximum atomic E-state index is 10.5. The van der Waals surface area contributed by atoms with Crippen LogP contribution in [0.25, 0.3) is 0 Å². The van der Waals surface area contributed by atoms with E-state index < -0.39 is 11.2 Å². The van der Waals surface area contributed by atoms with Gasteiger partial charge in [0.25, 0.3) is 5.69 Å². The molecule has 1 aromatic rings. The van der Waals surface area contributed by atoms with Gasteiger partial charge >= 0.3 is 0 Å². The van der Waals surface area contributed by atoms with E-state index in [4.69, 9.17) is 9.84 Å². The first-order chi connectivity index (χ1) is 9.13. The minimum Gasteiger partial charge on any atom is -0.396 e. The van der Waals surface area contributed by atoms with E-state index in [-0.39, 0.29) is 18.9 Å².